The van der Waals surface area contributed by atoms with Crippen LogP contribution in [0.3, 0.4) is 0 Å². The molecule has 4 saturated carbocycles. The molecule has 4 rings (SSSR count). The molecule has 0 aromatic rings. The van der Waals surface area contributed by atoms with E-state index >= 15 is 0 Å². The zero-order valence-electron chi connectivity index (χ0n) is 20.5. The molecule has 4 nitrogen and oxygen atoms in total. The molecule has 4 fully saturated rings. The zero-order chi connectivity index (χ0) is 22.7. The highest BCUT2D eigenvalue weighted by atomic mass is 16.3. The maximum Gasteiger partial charge on any atom is 0.0602 e. The second-order valence-corrected chi connectivity index (χ2v) is 12.9. The molecule has 0 heterocycles. The molecule has 0 spiro atoms. The van der Waals surface area contributed by atoms with Gasteiger partial charge >= 0.3 is 0 Å². The predicted octanol–water partition coefficient (Wildman–Crippen LogP) is 4.38. The number of fused-ring (bicyclic) bond motifs is 5. The molecular formula is C27H48O4. The summed E-state index contributed by atoms with van der Waals surface area (Å²) in [5.41, 5.74) is -0.00175. The molecule has 4 aliphatic carbocycles. The van der Waals surface area contributed by atoms with Gasteiger partial charge in [0.15, 0.2) is 0 Å². The summed E-state index contributed by atoms with van der Waals surface area (Å²) in [6.07, 6.45) is 7.31. The van der Waals surface area contributed by atoms with Gasteiger partial charge < -0.3 is 20.4 Å². The molecule has 12 atom stereocenters. The van der Waals surface area contributed by atoms with E-state index in [0.717, 1.165) is 57.8 Å². The van der Waals surface area contributed by atoms with Crippen LogP contribution >= 0.6 is 0 Å². The van der Waals surface area contributed by atoms with Crippen LogP contribution < -0.4 is 0 Å². The molecule has 180 valence electrons. The van der Waals surface area contributed by atoms with E-state index in [2.05, 4.69) is 34.6 Å². The molecule has 0 aromatic heterocycles. The van der Waals surface area contributed by atoms with Crippen LogP contribution in [-0.4, -0.2) is 44.8 Å². The minimum Gasteiger partial charge on any atom is -0.393 e. The van der Waals surface area contributed by atoms with Crippen molar-refractivity contribution in [3.8, 4) is 0 Å². The Hall–Kier alpha value is -0.160. The molecule has 31 heavy (non-hydrogen) atoms. The monoisotopic (exact) mass is 436 g/mol. The van der Waals surface area contributed by atoms with Crippen molar-refractivity contribution in [2.75, 3.05) is 0 Å². The van der Waals surface area contributed by atoms with Gasteiger partial charge in [-0.15, -0.1) is 0 Å². The second-order valence-electron chi connectivity index (χ2n) is 12.9. The highest BCUT2D eigenvalue weighted by Crippen LogP contribution is 2.68. The first kappa shape index (κ1) is 24.0. The Morgan fingerprint density at radius 2 is 1.58 bits per heavy atom. The van der Waals surface area contributed by atoms with Gasteiger partial charge in [-0.1, -0.05) is 34.6 Å². The Bertz CT molecular complexity index is 637. The number of hydrogen-bond acceptors (Lipinski definition) is 4. The second kappa shape index (κ2) is 8.56. The lowest BCUT2D eigenvalue weighted by Crippen LogP contribution is -2.62. The van der Waals surface area contributed by atoms with Crippen molar-refractivity contribution in [1.82, 2.24) is 0 Å². The molecule has 5 unspecified atom stereocenters. The van der Waals surface area contributed by atoms with Crippen LogP contribution in [-0.2, 0) is 0 Å². The third-order valence-corrected chi connectivity index (χ3v) is 11.2. The SMILES string of the molecule is CC(C)C(O)CC[C@@H](C)[C@H]1CC[C@H]2[C@@H]3C(O)CC4CC(O)CC[C@]4(C)[C@H]3CC(O)[C@]12C. The van der Waals surface area contributed by atoms with Gasteiger partial charge in [0.1, 0.15) is 0 Å². The lowest BCUT2D eigenvalue weighted by molar-refractivity contribution is -0.207. The van der Waals surface area contributed by atoms with E-state index in [1.165, 1.54) is 0 Å². The van der Waals surface area contributed by atoms with Crippen molar-refractivity contribution < 1.29 is 20.4 Å². The summed E-state index contributed by atoms with van der Waals surface area (Å²) >= 11 is 0. The minimum atomic E-state index is -0.321. The maximum absolute atomic E-state index is 11.6. The fourth-order valence-electron chi connectivity index (χ4n) is 9.10. The van der Waals surface area contributed by atoms with E-state index in [-0.39, 0.29) is 41.2 Å². The van der Waals surface area contributed by atoms with Crippen LogP contribution in [0.4, 0.5) is 0 Å². The van der Waals surface area contributed by atoms with E-state index in [4.69, 9.17) is 0 Å². The van der Waals surface area contributed by atoms with E-state index in [9.17, 15) is 20.4 Å². The van der Waals surface area contributed by atoms with Gasteiger partial charge in [0.05, 0.1) is 24.4 Å². The van der Waals surface area contributed by atoms with E-state index in [1.54, 1.807) is 0 Å². The summed E-state index contributed by atoms with van der Waals surface area (Å²) in [6.45, 7) is 11.2. The van der Waals surface area contributed by atoms with E-state index < -0.39 is 0 Å². The highest BCUT2D eigenvalue weighted by molar-refractivity contribution is 5.14. The standard InChI is InChI=1S/C27H48O4/c1-15(2)22(29)9-6-16(3)19-7-8-20-25-21(14-24(31)27(19,20)5)26(4)11-10-18(28)12-17(26)13-23(25)30/h15-25,28-31H,6-14H2,1-5H3/t16-,17?,18?,19-,20+,21+,22?,23?,24?,25+,26+,27-/m1/s1. The summed E-state index contributed by atoms with van der Waals surface area (Å²) in [5, 5.41) is 43.6. The Morgan fingerprint density at radius 3 is 2.26 bits per heavy atom. The van der Waals surface area contributed by atoms with Gasteiger partial charge in [-0.25, -0.2) is 0 Å². The van der Waals surface area contributed by atoms with Gasteiger partial charge in [0.2, 0.25) is 0 Å². The van der Waals surface area contributed by atoms with Gasteiger partial charge in [0.25, 0.3) is 0 Å². The van der Waals surface area contributed by atoms with Crippen molar-refractivity contribution in [2.24, 2.45) is 52.3 Å². The molecule has 0 aliphatic heterocycles. The quantitative estimate of drug-likeness (QED) is 0.515. The predicted molar refractivity (Wildman–Crippen MR) is 123 cm³/mol. The van der Waals surface area contributed by atoms with Crippen molar-refractivity contribution >= 4 is 0 Å². The first-order valence-corrected chi connectivity index (χ1v) is 13.2. The molecule has 0 bridgehead atoms. The number of aliphatic hydroxyl groups excluding tert-OH is 4. The summed E-state index contributed by atoms with van der Waals surface area (Å²) in [5.74, 6) is 2.62. The maximum atomic E-state index is 11.6. The normalized spacial score (nSPS) is 51.7. The van der Waals surface area contributed by atoms with E-state index in [0.29, 0.717) is 35.5 Å². The first-order valence-electron chi connectivity index (χ1n) is 13.2. The smallest absolute Gasteiger partial charge is 0.0602 e. The number of aliphatic hydroxyl groups is 4. The van der Waals surface area contributed by atoms with E-state index in [1.807, 2.05) is 0 Å². The van der Waals surface area contributed by atoms with Crippen LogP contribution in [0.5, 0.6) is 0 Å². The van der Waals surface area contributed by atoms with Crippen LogP contribution in [0, 0.1) is 52.3 Å². The Morgan fingerprint density at radius 1 is 0.871 bits per heavy atom. The number of hydrogen-bond donors (Lipinski definition) is 4. The topological polar surface area (TPSA) is 80.9 Å². The fraction of sp³-hybridized carbons (Fsp3) is 1.00. The Labute approximate surface area is 189 Å². The summed E-state index contributed by atoms with van der Waals surface area (Å²) in [7, 11) is 0. The first-order chi connectivity index (χ1) is 14.5. The summed E-state index contributed by atoms with van der Waals surface area (Å²) < 4.78 is 0. The molecule has 4 aliphatic rings. The van der Waals surface area contributed by atoms with Crippen molar-refractivity contribution in [2.45, 2.75) is 117 Å². The molecular weight excluding hydrogens is 388 g/mol. The van der Waals surface area contributed by atoms with Crippen LogP contribution in [0.2, 0.25) is 0 Å². The van der Waals surface area contributed by atoms with Crippen LogP contribution in [0.15, 0.2) is 0 Å². The van der Waals surface area contributed by atoms with Gasteiger partial charge in [0, 0.05) is 0 Å². The largest absolute Gasteiger partial charge is 0.393 e. The lowest BCUT2D eigenvalue weighted by Gasteiger charge is -2.63. The average molecular weight is 437 g/mol. The molecule has 0 amide bonds. The van der Waals surface area contributed by atoms with Crippen LogP contribution in [0.1, 0.15) is 92.4 Å². The molecule has 0 saturated heterocycles. The van der Waals surface area contributed by atoms with Crippen molar-refractivity contribution in [3.05, 3.63) is 0 Å². The third-order valence-electron chi connectivity index (χ3n) is 11.2. The van der Waals surface area contributed by atoms with Crippen molar-refractivity contribution in [1.29, 1.82) is 0 Å². The molecule has 4 heteroatoms. The van der Waals surface area contributed by atoms with Crippen molar-refractivity contribution in [3.63, 3.8) is 0 Å². The lowest BCUT2D eigenvalue weighted by atomic mass is 9.43. The third kappa shape index (κ3) is 3.82. The number of rotatable bonds is 5. The van der Waals surface area contributed by atoms with Crippen LogP contribution in [0.25, 0.3) is 0 Å². The summed E-state index contributed by atoms with van der Waals surface area (Å²) in [6, 6.07) is 0. The average Bonchev–Trinajstić information content (AvgIpc) is 3.06. The summed E-state index contributed by atoms with van der Waals surface area (Å²) in [4.78, 5) is 0. The minimum absolute atomic E-state index is 0.135. The molecule has 0 aromatic carbocycles. The molecule has 0 radical (unpaired) electrons. The Kier molecular flexibility index (Phi) is 6.62. The van der Waals surface area contributed by atoms with Gasteiger partial charge in [-0.3, -0.25) is 0 Å². The highest BCUT2D eigenvalue weighted by Gasteiger charge is 2.65. The molecule has 4 N–H and O–H groups in total. The fourth-order valence-corrected chi connectivity index (χ4v) is 9.10. The van der Waals surface area contributed by atoms with Gasteiger partial charge in [-0.2, -0.15) is 0 Å². The zero-order valence-corrected chi connectivity index (χ0v) is 20.5. The Balaban J connectivity index is 1.55. The van der Waals surface area contributed by atoms with Gasteiger partial charge in [-0.05, 0) is 110 Å².